The number of rotatable bonds is 6. The van der Waals surface area contributed by atoms with Gasteiger partial charge in [-0.1, -0.05) is 42.5 Å². The van der Waals surface area contributed by atoms with Gasteiger partial charge < -0.3 is 4.74 Å². The third-order valence-corrected chi connectivity index (χ3v) is 5.79. The van der Waals surface area contributed by atoms with E-state index in [4.69, 9.17) is 4.74 Å². The van der Waals surface area contributed by atoms with Crippen LogP contribution in [-0.4, -0.2) is 32.7 Å². The van der Waals surface area contributed by atoms with E-state index < -0.39 is 17.8 Å². The summed E-state index contributed by atoms with van der Waals surface area (Å²) in [7, 11) is 0. The van der Waals surface area contributed by atoms with Crippen molar-refractivity contribution in [1.82, 2.24) is 20.1 Å². The highest BCUT2D eigenvalue weighted by molar-refractivity contribution is 5.27. The lowest BCUT2D eigenvalue weighted by atomic mass is 9.91. The first-order valence-electron chi connectivity index (χ1n) is 10.6. The molecular weight excluding hydrogens is 421 g/mol. The van der Waals surface area contributed by atoms with E-state index in [1.165, 1.54) is 6.07 Å². The summed E-state index contributed by atoms with van der Waals surface area (Å²) in [4.78, 5) is 16.3. The Hall–Kier alpha value is -2.91. The second-order valence-corrected chi connectivity index (χ2v) is 8.03. The minimum atomic E-state index is -4.40. The predicted octanol–water partition coefficient (Wildman–Crippen LogP) is 4.60. The van der Waals surface area contributed by atoms with Gasteiger partial charge in [0, 0.05) is 0 Å². The molecule has 0 amide bonds. The van der Waals surface area contributed by atoms with Crippen LogP contribution in [0.1, 0.15) is 54.4 Å². The molecule has 1 aromatic heterocycles. The largest absolute Gasteiger partial charge is 0.416 e. The highest BCUT2D eigenvalue weighted by Gasteiger charge is 2.36. The van der Waals surface area contributed by atoms with Gasteiger partial charge in [-0.25, -0.2) is 9.89 Å². The van der Waals surface area contributed by atoms with Gasteiger partial charge in [-0.3, -0.25) is 9.88 Å². The van der Waals surface area contributed by atoms with Crippen LogP contribution in [0.2, 0.25) is 0 Å². The van der Waals surface area contributed by atoms with E-state index in [-0.39, 0.29) is 17.8 Å². The smallest absolute Gasteiger partial charge is 0.369 e. The van der Waals surface area contributed by atoms with Gasteiger partial charge in [-0.05, 0) is 49.6 Å². The number of hydrogen-bond donors (Lipinski definition) is 2. The van der Waals surface area contributed by atoms with Gasteiger partial charge in [-0.15, -0.1) is 0 Å². The van der Waals surface area contributed by atoms with Crippen molar-refractivity contribution in [2.45, 2.75) is 50.7 Å². The minimum Gasteiger partial charge on any atom is -0.369 e. The number of alkyl halides is 3. The molecule has 32 heavy (non-hydrogen) atoms. The molecule has 0 spiro atoms. The highest BCUT2D eigenvalue weighted by Crippen LogP contribution is 2.37. The zero-order chi connectivity index (χ0) is 22.7. The Morgan fingerprint density at radius 2 is 1.97 bits per heavy atom. The fraction of sp³-hybridized carbons (Fsp3) is 0.391. The quantitative estimate of drug-likeness (QED) is 0.581. The molecule has 4 rings (SSSR count). The molecule has 1 aliphatic heterocycles. The topological polar surface area (TPSA) is 74.0 Å². The Bertz CT molecular complexity index is 1080. The normalized spacial score (nSPS) is 20.9. The maximum absolute atomic E-state index is 13.2. The molecule has 0 bridgehead atoms. The zero-order valence-corrected chi connectivity index (χ0v) is 17.6. The molecule has 3 atom stereocenters. The number of nitrogens with one attached hydrogen (secondary N) is 2. The van der Waals surface area contributed by atoms with Crippen molar-refractivity contribution in [2.75, 3.05) is 6.54 Å². The number of aromatic nitrogens is 3. The van der Waals surface area contributed by atoms with Gasteiger partial charge in [0.2, 0.25) is 0 Å². The Labute approximate surface area is 183 Å². The molecule has 1 unspecified atom stereocenters. The highest BCUT2D eigenvalue weighted by atomic mass is 19.4. The fourth-order valence-corrected chi connectivity index (χ4v) is 4.30. The van der Waals surface area contributed by atoms with Crippen molar-refractivity contribution in [3.63, 3.8) is 0 Å². The first-order valence-corrected chi connectivity index (χ1v) is 10.6. The summed E-state index contributed by atoms with van der Waals surface area (Å²) in [6.45, 7) is 2.99. The monoisotopic (exact) mass is 446 g/mol. The number of H-pyrrole nitrogens is 2. The molecule has 0 saturated carbocycles. The SMILES string of the molecule is CC(O[C@H]1CCCN(Cc2n[nH]c(=O)[nH]2)[C@H]1c1ccccc1)c1cccc(C(F)(F)F)c1. The first kappa shape index (κ1) is 22.3. The average Bonchev–Trinajstić information content (AvgIpc) is 3.18. The van der Waals surface area contributed by atoms with Crippen molar-refractivity contribution < 1.29 is 17.9 Å². The summed E-state index contributed by atoms with van der Waals surface area (Å²) in [6, 6.07) is 15.0. The van der Waals surface area contributed by atoms with Crippen LogP contribution in [-0.2, 0) is 17.5 Å². The number of hydrogen-bond acceptors (Lipinski definition) is 4. The third kappa shape index (κ3) is 5.11. The predicted molar refractivity (Wildman–Crippen MR) is 113 cm³/mol. The van der Waals surface area contributed by atoms with E-state index in [2.05, 4.69) is 20.1 Å². The van der Waals surface area contributed by atoms with Crippen LogP contribution in [0.5, 0.6) is 0 Å². The van der Waals surface area contributed by atoms with Crippen molar-refractivity contribution in [1.29, 1.82) is 0 Å². The molecule has 9 heteroatoms. The standard InChI is InChI=1S/C23H25F3N4O2/c1-15(17-9-5-10-18(13-17)23(24,25)26)32-19-11-6-12-30(14-20-27-22(31)29-28-20)21(19)16-7-3-2-4-8-16/h2-5,7-10,13,15,19,21H,6,11-12,14H2,1H3,(H2,27,28,29,31)/t15?,19-,21-/m0/s1. The van der Waals surface area contributed by atoms with E-state index in [1.54, 1.807) is 13.0 Å². The summed E-state index contributed by atoms with van der Waals surface area (Å²) in [5.41, 5.74) is 0.490. The van der Waals surface area contributed by atoms with Crippen LogP contribution >= 0.6 is 0 Å². The summed E-state index contributed by atoms with van der Waals surface area (Å²) in [5.74, 6) is 0.530. The van der Waals surface area contributed by atoms with Crippen LogP contribution in [0.25, 0.3) is 0 Å². The van der Waals surface area contributed by atoms with Crippen LogP contribution in [0.4, 0.5) is 13.2 Å². The van der Waals surface area contributed by atoms with Crippen molar-refractivity contribution in [2.24, 2.45) is 0 Å². The minimum absolute atomic E-state index is 0.126. The number of likely N-dealkylation sites (tertiary alicyclic amines) is 1. The molecule has 2 N–H and O–H groups in total. The molecule has 2 aromatic carbocycles. The van der Waals surface area contributed by atoms with Gasteiger partial charge >= 0.3 is 11.9 Å². The summed E-state index contributed by atoms with van der Waals surface area (Å²) in [6.07, 6.45) is -3.52. The molecular formula is C23H25F3N4O2. The molecule has 1 saturated heterocycles. The van der Waals surface area contributed by atoms with Gasteiger partial charge in [-0.2, -0.15) is 18.3 Å². The Morgan fingerprint density at radius 3 is 2.66 bits per heavy atom. The summed E-state index contributed by atoms with van der Waals surface area (Å²) in [5, 5.41) is 6.41. The van der Waals surface area contributed by atoms with Gasteiger partial charge in [0.1, 0.15) is 5.82 Å². The Kier molecular flexibility index (Phi) is 6.48. The molecule has 1 fully saturated rings. The lowest BCUT2D eigenvalue weighted by Gasteiger charge is -2.42. The first-order chi connectivity index (χ1) is 15.3. The maximum atomic E-state index is 13.2. The van der Waals surface area contributed by atoms with E-state index in [0.29, 0.717) is 17.9 Å². The van der Waals surface area contributed by atoms with Gasteiger partial charge in [0.15, 0.2) is 0 Å². The molecule has 0 aliphatic carbocycles. The molecule has 2 heterocycles. The van der Waals surface area contributed by atoms with Crippen molar-refractivity contribution in [3.8, 4) is 0 Å². The lowest BCUT2D eigenvalue weighted by Crippen LogP contribution is -2.43. The second kappa shape index (κ2) is 9.30. The van der Waals surface area contributed by atoms with Crippen molar-refractivity contribution in [3.05, 3.63) is 87.6 Å². The van der Waals surface area contributed by atoms with E-state index in [1.807, 2.05) is 30.3 Å². The van der Waals surface area contributed by atoms with E-state index in [0.717, 1.165) is 37.1 Å². The average molecular weight is 446 g/mol. The lowest BCUT2D eigenvalue weighted by molar-refractivity contribution is -0.137. The van der Waals surface area contributed by atoms with Crippen LogP contribution in [0.15, 0.2) is 59.4 Å². The van der Waals surface area contributed by atoms with Gasteiger partial charge in [0.05, 0.1) is 30.4 Å². The number of benzene rings is 2. The van der Waals surface area contributed by atoms with Crippen LogP contribution in [0.3, 0.4) is 0 Å². The Balaban J connectivity index is 1.59. The number of halogens is 3. The number of piperidine rings is 1. The van der Waals surface area contributed by atoms with Crippen molar-refractivity contribution >= 4 is 0 Å². The summed E-state index contributed by atoms with van der Waals surface area (Å²) < 4.78 is 45.8. The molecule has 3 aromatic rings. The molecule has 6 nitrogen and oxygen atoms in total. The molecule has 0 radical (unpaired) electrons. The summed E-state index contributed by atoms with van der Waals surface area (Å²) >= 11 is 0. The Morgan fingerprint density at radius 1 is 1.19 bits per heavy atom. The van der Waals surface area contributed by atoms with Gasteiger partial charge in [0.25, 0.3) is 0 Å². The number of ether oxygens (including phenoxy) is 1. The second-order valence-electron chi connectivity index (χ2n) is 8.03. The van der Waals surface area contributed by atoms with Crippen LogP contribution in [0, 0.1) is 0 Å². The fourth-order valence-electron chi connectivity index (χ4n) is 4.30. The third-order valence-electron chi connectivity index (χ3n) is 5.79. The molecule has 1 aliphatic rings. The number of aromatic amines is 2. The molecule has 170 valence electrons. The van der Waals surface area contributed by atoms with Crippen LogP contribution < -0.4 is 5.69 Å². The zero-order valence-electron chi connectivity index (χ0n) is 17.6. The van der Waals surface area contributed by atoms with E-state index >= 15 is 0 Å². The maximum Gasteiger partial charge on any atom is 0.416 e. The van der Waals surface area contributed by atoms with E-state index in [9.17, 15) is 18.0 Å². The number of nitrogens with zero attached hydrogens (tertiary/aromatic N) is 2.